The number of sulfonamides is 1. The van der Waals surface area contributed by atoms with E-state index in [4.69, 9.17) is 0 Å². The Balaban J connectivity index is 2.01. The molecule has 1 aliphatic rings. The third kappa shape index (κ3) is 5.18. The van der Waals surface area contributed by atoms with Gasteiger partial charge in [0.25, 0.3) is 0 Å². The lowest BCUT2D eigenvalue weighted by molar-refractivity contribution is -0.131. The Morgan fingerprint density at radius 2 is 1.83 bits per heavy atom. The Bertz CT molecular complexity index is 681. The fourth-order valence-electron chi connectivity index (χ4n) is 2.70. The fourth-order valence-corrected chi connectivity index (χ4v) is 3.92. The van der Waals surface area contributed by atoms with Gasteiger partial charge in [0.15, 0.2) is 0 Å². The summed E-state index contributed by atoms with van der Waals surface area (Å²) in [6, 6.07) is 7.70. The van der Waals surface area contributed by atoms with Crippen LogP contribution in [0.25, 0.3) is 6.08 Å². The van der Waals surface area contributed by atoms with Gasteiger partial charge in [-0.1, -0.05) is 36.8 Å². The molecule has 1 heterocycles. The summed E-state index contributed by atoms with van der Waals surface area (Å²) >= 11 is 0. The van der Waals surface area contributed by atoms with Crippen molar-refractivity contribution in [3.63, 3.8) is 0 Å². The highest BCUT2D eigenvalue weighted by molar-refractivity contribution is 7.92. The lowest BCUT2D eigenvalue weighted by atomic mass is 10.2. The Labute approximate surface area is 145 Å². The first-order valence-corrected chi connectivity index (χ1v) is 9.95. The van der Waals surface area contributed by atoms with E-state index in [9.17, 15) is 13.2 Å². The number of hydrogen-bond donors (Lipinski definition) is 0. The molecule has 0 aliphatic carbocycles. The molecule has 2 rings (SSSR count). The molecule has 0 atom stereocenters. The molecule has 1 aromatic carbocycles. The summed E-state index contributed by atoms with van der Waals surface area (Å²) in [5.41, 5.74) is 2.00. The molecule has 1 amide bonds. The normalized spacial score (nSPS) is 17.2. The summed E-state index contributed by atoms with van der Waals surface area (Å²) < 4.78 is 26.5. The maximum Gasteiger partial charge on any atom is 0.236 e. The van der Waals surface area contributed by atoms with Crippen molar-refractivity contribution in [2.24, 2.45) is 0 Å². The minimum atomic E-state index is -3.46. The van der Waals surface area contributed by atoms with E-state index in [2.05, 4.69) is 0 Å². The molecule has 0 aromatic heterocycles. The second-order valence-electron chi connectivity index (χ2n) is 6.14. The van der Waals surface area contributed by atoms with Crippen LogP contribution in [0, 0.1) is 6.92 Å². The van der Waals surface area contributed by atoms with Crippen molar-refractivity contribution in [2.45, 2.75) is 33.1 Å². The van der Waals surface area contributed by atoms with Gasteiger partial charge in [0.1, 0.15) is 0 Å². The maximum absolute atomic E-state index is 12.5. The molecule has 5 nitrogen and oxygen atoms in total. The van der Waals surface area contributed by atoms with Crippen molar-refractivity contribution in [2.75, 3.05) is 26.2 Å². The Kier molecular flexibility index (Phi) is 6.57. The van der Waals surface area contributed by atoms with Crippen LogP contribution in [0.15, 0.2) is 29.7 Å². The van der Waals surface area contributed by atoms with Gasteiger partial charge >= 0.3 is 0 Å². The number of nitrogens with zero attached hydrogens (tertiary/aromatic N) is 2. The molecule has 1 aliphatic heterocycles. The third-order valence-electron chi connectivity index (χ3n) is 4.14. The van der Waals surface area contributed by atoms with E-state index in [0.29, 0.717) is 39.0 Å². The SMILES string of the molecule is CCCC(=O)N1CCCN(S(=O)(=O)/C=C/c2ccc(C)cc2)CC1. The quantitative estimate of drug-likeness (QED) is 0.820. The average molecular weight is 350 g/mol. The van der Waals surface area contributed by atoms with Gasteiger partial charge in [0.05, 0.1) is 0 Å². The molecule has 1 aromatic rings. The highest BCUT2D eigenvalue weighted by Gasteiger charge is 2.24. The molecule has 1 saturated heterocycles. The van der Waals surface area contributed by atoms with E-state index in [1.165, 1.54) is 9.71 Å². The summed E-state index contributed by atoms with van der Waals surface area (Å²) in [6.07, 6.45) is 3.64. The predicted molar refractivity (Wildman–Crippen MR) is 96.8 cm³/mol. The van der Waals surface area contributed by atoms with Crippen LogP contribution in [0.4, 0.5) is 0 Å². The molecule has 0 spiro atoms. The molecule has 24 heavy (non-hydrogen) atoms. The van der Waals surface area contributed by atoms with Crippen molar-refractivity contribution in [3.8, 4) is 0 Å². The zero-order valence-corrected chi connectivity index (χ0v) is 15.3. The minimum Gasteiger partial charge on any atom is -0.341 e. The second kappa shape index (κ2) is 8.44. The van der Waals surface area contributed by atoms with Gasteiger partial charge in [0.2, 0.25) is 15.9 Å². The molecule has 0 saturated carbocycles. The first kappa shape index (κ1) is 18.7. The van der Waals surface area contributed by atoms with E-state index >= 15 is 0 Å². The molecule has 0 bridgehead atoms. The number of benzene rings is 1. The van der Waals surface area contributed by atoms with Crippen LogP contribution in [0.3, 0.4) is 0 Å². The molecular formula is C18H26N2O3S. The number of amides is 1. The van der Waals surface area contributed by atoms with Gasteiger partial charge in [-0.05, 0) is 31.4 Å². The van der Waals surface area contributed by atoms with Gasteiger partial charge < -0.3 is 4.90 Å². The highest BCUT2D eigenvalue weighted by Crippen LogP contribution is 2.13. The van der Waals surface area contributed by atoms with E-state index in [0.717, 1.165) is 17.5 Å². The van der Waals surface area contributed by atoms with Crippen molar-refractivity contribution < 1.29 is 13.2 Å². The molecular weight excluding hydrogens is 324 g/mol. The summed E-state index contributed by atoms with van der Waals surface area (Å²) in [4.78, 5) is 13.8. The maximum atomic E-state index is 12.5. The smallest absolute Gasteiger partial charge is 0.236 e. The molecule has 6 heteroatoms. The molecule has 0 N–H and O–H groups in total. The summed E-state index contributed by atoms with van der Waals surface area (Å²) in [7, 11) is -3.46. The molecule has 1 fully saturated rings. The molecule has 132 valence electrons. The van der Waals surface area contributed by atoms with E-state index in [1.807, 2.05) is 38.1 Å². The average Bonchev–Trinajstić information content (AvgIpc) is 2.81. The third-order valence-corrected chi connectivity index (χ3v) is 5.71. The summed E-state index contributed by atoms with van der Waals surface area (Å²) in [6.45, 7) is 5.88. The zero-order valence-electron chi connectivity index (χ0n) is 14.4. The van der Waals surface area contributed by atoms with Crippen LogP contribution in [0.5, 0.6) is 0 Å². The van der Waals surface area contributed by atoms with Crippen LogP contribution in [0.2, 0.25) is 0 Å². The Morgan fingerprint density at radius 3 is 2.50 bits per heavy atom. The van der Waals surface area contributed by atoms with Crippen LogP contribution in [0.1, 0.15) is 37.3 Å². The minimum absolute atomic E-state index is 0.118. The first-order valence-electron chi connectivity index (χ1n) is 8.45. The van der Waals surface area contributed by atoms with E-state index in [-0.39, 0.29) is 5.91 Å². The highest BCUT2D eigenvalue weighted by atomic mass is 32.2. The topological polar surface area (TPSA) is 57.7 Å². The molecule has 0 radical (unpaired) electrons. The van der Waals surface area contributed by atoms with Gasteiger partial charge in [-0.15, -0.1) is 0 Å². The fraction of sp³-hybridized carbons (Fsp3) is 0.500. The Morgan fingerprint density at radius 1 is 1.12 bits per heavy atom. The van der Waals surface area contributed by atoms with Crippen molar-refractivity contribution in [1.29, 1.82) is 0 Å². The standard InChI is InChI=1S/C18H26N2O3S/c1-3-5-18(21)19-11-4-12-20(14-13-19)24(22,23)15-10-17-8-6-16(2)7-9-17/h6-10,15H,3-5,11-14H2,1-2H3/b15-10+. The van der Waals surface area contributed by atoms with E-state index in [1.54, 1.807) is 11.0 Å². The van der Waals surface area contributed by atoms with Crippen LogP contribution in [-0.4, -0.2) is 49.7 Å². The van der Waals surface area contributed by atoms with Gasteiger partial charge in [-0.2, -0.15) is 4.31 Å². The number of carbonyl (C=O) groups is 1. The van der Waals surface area contributed by atoms with Crippen molar-refractivity contribution >= 4 is 22.0 Å². The lowest BCUT2D eigenvalue weighted by Crippen LogP contribution is -2.36. The van der Waals surface area contributed by atoms with Gasteiger partial charge in [0, 0.05) is 38.0 Å². The lowest BCUT2D eigenvalue weighted by Gasteiger charge is -2.21. The monoisotopic (exact) mass is 350 g/mol. The number of aryl methyl sites for hydroxylation is 1. The van der Waals surface area contributed by atoms with Crippen molar-refractivity contribution in [3.05, 3.63) is 40.8 Å². The van der Waals surface area contributed by atoms with Gasteiger partial charge in [-0.25, -0.2) is 8.42 Å². The van der Waals surface area contributed by atoms with Crippen LogP contribution in [-0.2, 0) is 14.8 Å². The van der Waals surface area contributed by atoms with Crippen molar-refractivity contribution in [1.82, 2.24) is 9.21 Å². The number of carbonyl (C=O) groups excluding carboxylic acids is 1. The summed E-state index contributed by atoms with van der Waals surface area (Å²) in [5.74, 6) is 0.118. The number of hydrogen-bond acceptors (Lipinski definition) is 3. The first-order chi connectivity index (χ1) is 11.4. The largest absolute Gasteiger partial charge is 0.341 e. The number of rotatable bonds is 5. The second-order valence-corrected chi connectivity index (χ2v) is 7.96. The summed E-state index contributed by atoms with van der Waals surface area (Å²) in [5, 5.41) is 1.27. The van der Waals surface area contributed by atoms with Crippen LogP contribution < -0.4 is 0 Å². The van der Waals surface area contributed by atoms with Crippen LogP contribution >= 0.6 is 0 Å². The van der Waals surface area contributed by atoms with Gasteiger partial charge in [-0.3, -0.25) is 4.79 Å². The zero-order chi connectivity index (χ0) is 17.6. The molecule has 0 unspecified atom stereocenters. The Hall–Kier alpha value is -1.66. The van der Waals surface area contributed by atoms with E-state index < -0.39 is 10.0 Å². The predicted octanol–water partition coefficient (Wildman–Crippen LogP) is 2.63.